The van der Waals surface area contributed by atoms with Gasteiger partial charge in [0.05, 0.1) is 26.6 Å². The highest BCUT2D eigenvalue weighted by molar-refractivity contribution is 7.21. The highest BCUT2D eigenvalue weighted by Gasteiger charge is 2.14. The third-order valence-electron chi connectivity index (χ3n) is 4.40. The summed E-state index contributed by atoms with van der Waals surface area (Å²) in [4.78, 5) is 28.7. The number of thiazole rings is 1. The van der Waals surface area contributed by atoms with Crippen molar-refractivity contribution in [2.45, 2.75) is 13.5 Å². The number of nitro groups is 1. The van der Waals surface area contributed by atoms with E-state index in [9.17, 15) is 14.9 Å². The van der Waals surface area contributed by atoms with Crippen LogP contribution in [0.25, 0.3) is 20.3 Å². The summed E-state index contributed by atoms with van der Waals surface area (Å²) >= 11 is 2.67. The van der Waals surface area contributed by atoms with E-state index in [0.29, 0.717) is 28.2 Å². The molecule has 4 rings (SSSR count). The van der Waals surface area contributed by atoms with Crippen molar-refractivity contribution >= 4 is 54.6 Å². The van der Waals surface area contributed by atoms with E-state index < -0.39 is 4.92 Å². The van der Waals surface area contributed by atoms with Gasteiger partial charge in [-0.1, -0.05) is 17.4 Å². The summed E-state index contributed by atoms with van der Waals surface area (Å²) in [6.07, 6.45) is 1.75. The summed E-state index contributed by atoms with van der Waals surface area (Å²) in [5.41, 5.74) is 0.941. The maximum Gasteiger partial charge on any atom is 0.289 e. The maximum atomic E-state index is 12.9. The summed E-state index contributed by atoms with van der Waals surface area (Å²) in [7, 11) is 0. The van der Waals surface area contributed by atoms with E-state index in [0.717, 1.165) is 20.7 Å². The molecule has 0 radical (unpaired) electrons. The molecule has 0 bridgehead atoms. The molecule has 30 heavy (non-hydrogen) atoms. The van der Waals surface area contributed by atoms with Gasteiger partial charge in [0, 0.05) is 28.8 Å². The van der Waals surface area contributed by atoms with Gasteiger partial charge in [-0.2, -0.15) is 4.99 Å². The fraction of sp³-hybridized carbons (Fsp3) is 0.143. The summed E-state index contributed by atoms with van der Waals surface area (Å²) in [5.74, 6) is 0.384. The number of hydrogen-bond donors (Lipinski definition) is 0. The fourth-order valence-corrected chi connectivity index (χ4v) is 5.09. The standard InChI is InChI=1S/C21H17N3O4S2/c1-3-9-23-16-7-6-15(28-4-2)12-18(16)30-21(23)22-20(25)19-11-13-10-14(24(26)27)5-8-17(13)29-19/h3,5-8,10-12H,1,4,9H2,2H3. The van der Waals surface area contributed by atoms with Gasteiger partial charge >= 0.3 is 0 Å². The molecule has 0 N–H and O–H groups in total. The first kappa shape index (κ1) is 20.0. The van der Waals surface area contributed by atoms with Gasteiger partial charge in [-0.3, -0.25) is 14.9 Å². The second-order valence-electron chi connectivity index (χ2n) is 6.35. The van der Waals surface area contributed by atoms with Crippen LogP contribution in [0.15, 0.2) is 60.1 Å². The minimum atomic E-state index is -0.450. The summed E-state index contributed by atoms with van der Waals surface area (Å²) < 4.78 is 9.26. The third kappa shape index (κ3) is 3.77. The predicted molar refractivity (Wildman–Crippen MR) is 120 cm³/mol. The first-order valence-corrected chi connectivity index (χ1v) is 10.8. The molecule has 2 heterocycles. The first-order chi connectivity index (χ1) is 14.5. The van der Waals surface area contributed by atoms with Crippen molar-refractivity contribution in [2.24, 2.45) is 4.99 Å². The quantitative estimate of drug-likeness (QED) is 0.236. The van der Waals surface area contributed by atoms with Crippen LogP contribution in [0.5, 0.6) is 5.75 Å². The van der Waals surface area contributed by atoms with Gasteiger partial charge in [-0.05, 0) is 37.3 Å². The molecule has 0 unspecified atom stereocenters. The van der Waals surface area contributed by atoms with E-state index in [-0.39, 0.29) is 11.6 Å². The van der Waals surface area contributed by atoms with Crippen LogP contribution in [0.1, 0.15) is 16.6 Å². The summed E-state index contributed by atoms with van der Waals surface area (Å²) in [6, 6.07) is 12.0. The molecule has 0 aliphatic rings. The van der Waals surface area contributed by atoms with E-state index in [1.165, 1.54) is 34.8 Å². The molecule has 0 saturated carbocycles. The van der Waals surface area contributed by atoms with Crippen molar-refractivity contribution in [3.63, 3.8) is 0 Å². The molecule has 0 atom stereocenters. The minimum Gasteiger partial charge on any atom is -0.494 e. The largest absolute Gasteiger partial charge is 0.494 e. The van der Waals surface area contributed by atoms with Crippen LogP contribution in [-0.4, -0.2) is 22.0 Å². The van der Waals surface area contributed by atoms with Gasteiger partial charge < -0.3 is 9.30 Å². The lowest BCUT2D eigenvalue weighted by Gasteiger charge is -2.04. The molecule has 0 spiro atoms. The fourth-order valence-electron chi connectivity index (χ4n) is 3.09. The van der Waals surface area contributed by atoms with Gasteiger partial charge in [-0.25, -0.2) is 0 Å². The average molecular weight is 440 g/mol. The minimum absolute atomic E-state index is 0.00493. The van der Waals surface area contributed by atoms with Crippen molar-refractivity contribution in [3.8, 4) is 5.75 Å². The van der Waals surface area contributed by atoms with Crippen molar-refractivity contribution in [1.82, 2.24) is 4.57 Å². The second-order valence-corrected chi connectivity index (χ2v) is 8.45. The van der Waals surface area contributed by atoms with Crippen LogP contribution in [-0.2, 0) is 6.54 Å². The van der Waals surface area contributed by atoms with E-state index in [1.54, 1.807) is 18.2 Å². The van der Waals surface area contributed by atoms with E-state index >= 15 is 0 Å². The summed E-state index contributed by atoms with van der Waals surface area (Å²) in [5, 5.41) is 11.6. The van der Waals surface area contributed by atoms with E-state index in [1.807, 2.05) is 29.7 Å². The maximum absolute atomic E-state index is 12.9. The zero-order valence-corrected chi connectivity index (χ0v) is 17.7. The van der Waals surface area contributed by atoms with Gasteiger partial charge in [-0.15, -0.1) is 17.9 Å². The number of nitrogens with zero attached hydrogens (tertiary/aromatic N) is 3. The monoisotopic (exact) mass is 439 g/mol. The molecule has 1 amide bonds. The number of amides is 1. The van der Waals surface area contributed by atoms with Crippen LogP contribution in [0.3, 0.4) is 0 Å². The topological polar surface area (TPSA) is 86.7 Å². The lowest BCUT2D eigenvalue weighted by Crippen LogP contribution is -2.15. The Labute approximate surface area is 179 Å². The SMILES string of the molecule is C=CCn1c(=NC(=O)c2cc3cc([N+](=O)[O-])ccc3s2)sc2cc(OCC)ccc21. The molecule has 2 aromatic carbocycles. The normalized spacial score (nSPS) is 11.8. The molecule has 7 nitrogen and oxygen atoms in total. The molecule has 0 aliphatic carbocycles. The molecule has 2 aromatic heterocycles. The van der Waals surface area contributed by atoms with Crippen molar-refractivity contribution in [2.75, 3.05) is 6.61 Å². The number of rotatable bonds is 6. The molecule has 9 heteroatoms. The van der Waals surface area contributed by atoms with E-state index in [2.05, 4.69) is 11.6 Å². The first-order valence-electron chi connectivity index (χ1n) is 9.14. The number of thiophene rings is 1. The van der Waals surface area contributed by atoms with Crippen LogP contribution in [0.2, 0.25) is 0 Å². The number of carbonyl (C=O) groups excluding carboxylic acids is 1. The van der Waals surface area contributed by atoms with Gasteiger partial charge in [0.25, 0.3) is 11.6 Å². The third-order valence-corrected chi connectivity index (χ3v) is 6.54. The molecule has 0 fully saturated rings. The van der Waals surface area contributed by atoms with Crippen LogP contribution in [0, 0.1) is 10.1 Å². The number of non-ortho nitro benzene ring substituents is 1. The Kier molecular flexibility index (Phi) is 5.47. The van der Waals surface area contributed by atoms with Gasteiger partial charge in [0.2, 0.25) is 0 Å². The average Bonchev–Trinajstić information content (AvgIpc) is 3.29. The van der Waals surface area contributed by atoms with Crippen LogP contribution in [0.4, 0.5) is 5.69 Å². The Morgan fingerprint density at radius 1 is 1.23 bits per heavy atom. The van der Waals surface area contributed by atoms with Crippen LogP contribution < -0.4 is 9.54 Å². The second kappa shape index (κ2) is 8.21. The number of aromatic nitrogens is 1. The number of nitro benzene ring substituents is 1. The van der Waals surface area contributed by atoms with Crippen molar-refractivity contribution in [3.05, 3.63) is 74.9 Å². The zero-order chi connectivity index (χ0) is 21.3. The molecule has 0 saturated heterocycles. The summed E-state index contributed by atoms with van der Waals surface area (Å²) in [6.45, 7) is 6.81. The lowest BCUT2D eigenvalue weighted by molar-refractivity contribution is -0.384. The Morgan fingerprint density at radius 3 is 2.80 bits per heavy atom. The number of fused-ring (bicyclic) bond motifs is 2. The van der Waals surface area contributed by atoms with Crippen molar-refractivity contribution in [1.29, 1.82) is 0 Å². The van der Waals surface area contributed by atoms with Gasteiger partial charge in [0.15, 0.2) is 4.80 Å². The Bertz CT molecular complexity index is 1360. The van der Waals surface area contributed by atoms with Crippen molar-refractivity contribution < 1.29 is 14.5 Å². The predicted octanol–water partition coefficient (Wildman–Crippen LogP) is 5.15. The Morgan fingerprint density at radius 2 is 2.07 bits per heavy atom. The number of allylic oxidation sites excluding steroid dienone is 1. The smallest absolute Gasteiger partial charge is 0.289 e. The molecular formula is C21H17N3O4S2. The zero-order valence-electron chi connectivity index (χ0n) is 16.0. The number of carbonyl (C=O) groups is 1. The van der Waals surface area contributed by atoms with Gasteiger partial charge in [0.1, 0.15) is 5.75 Å². The lowest BCUT2D eigenvalue weighted by atomic mass is 10.2. The highest BCUT2D eigenvalue weighted by atomic mass is 32.1. The molecule has 152 valence electrons. The highest BCUT2D eigenvalue weighted by Crippen LogP contribution is 2.29. The molecular weight excluding hydrogens is 422 g/mol. The number of hydrogen-bond acceptors (Lipinski definition) is 6. The van der Waals surface area contributed by atoms with Crippen LogP contribution >= 0.6 is 22.7 Å². The number of benzene rings is 2. The molecule has 0 aliphatic heterocycles. The Balaban J connectivity index is 1.78. The molecule has 4 aromatic rings. The number of ether oxygens (including phenoxy) is 1. The van der Waals surface area contributed by atoms with E-state index in [4.69, 9.17) is 4.74 Å². The Hall–Kier alpha value is -3.30.